The molecular weight excluding hydrogens is 416 g/mol. The Morgan fingerprint density at radius 1 is 1.17 bits per heavy atom. The van der Waals surface area contributed by atoms with Crippen molar-refractivity contribution in [1.29, 1.82) is 0 Å². The van der Waals surface area contributed by atoms with Crippen molar-refractivity contribution in [1.82, 2.24) is 15.0 Å². The lowest BCUT2D eigenvalue weighted by Gasteiger charge is -2.21. The van der Waals surface area contributed by atoms with Gasteiger partial charge in [0.2, 0.25) is 10.0 Å². The molecule has 1 atom stereocenters. The predicted molar refractivity (Wildman–Crippen MR) is 124 cm³/mol. The van der Waals surface area contributed by atoms with Crippen LogP contribution >= 0.6 is 11.3 Å². The Morgan fingerprint density at radius 2 is 1.97 bits per heavy atom. The summed E-state index contributed by atoms with van der Waals surface area (Å²) < 4.78 is 28.8. The number of anilines is 1. The van der Waals surface area contributed by atoms with Gasteiger partial charge in [0.15, 0.2) is 5.13 Å². The van der Waals surface area contributed by atoms with Gasteiger partial charge in [-0.05, 0) is 62.8 Å². The Kier molecular flexibility index (Phi) is 6.77. The van der Waals surface area contributed by atoms with Crippen LogP contribution in [0.25, 0.3) is 10.4 Å². The molecule has 1 aromatic heterocycles. The molecule has 1 saturated carbocycles. The van der Waals surface area contributed by atoms with Gasteiger partial charge in [0.05, 0.1) is 15.5 Å². The third-order valence-corrected chi connectivity index (χ3v) is 9.01. The molecule has 0 bridgehead atoms. The maximum atomic E-state index is 13.0. The first-order chi connectivity index (χ1) is 14.4. The lowest BCUT2D eigenvalue weighted by atomic mass is 9.89. The number of nitrogens with zero attached hydrogens (tertiary/aromatic N) is 1. The van der Waals surface area contributed by atoms with Gasteiger partial charge in [0.1, 0.15) is 0 Å². The minimum absolute atomic E-state index is 0.0428. The minimum Gasteiger partial charge on any atom is -0.361 e. The van der Waals surface area contributed by atoms with Crippen molar-refractivity contribution in [2.24, 2.45) is 5.92 Å². The lowest BCUT2D eigenvalue weighted by molar-refractivity contribution is 0.373. The standard InChI is InChI=1S/C22H32N4O2S2/c1-15-8-9-18(12-20(15)30(27,28)26-19-10-11-23-14-19)21-16(2)25-22(29-21)24-13-17-6-4-3-5-7-17/h8-9,12,17,19,23,26H,3-7,10-11,13-14H2,1-2H3,(H,24,25)/t19-/m0/s1. The van der Waals surface area contributed by atoms with Crippen LogP contribution in [0.3, 0.4) is 0 Å². The molecule has 8 heteroatoms. The van der Waals surface area contributed by atoms with E-state index in [4.69, 9.17) is 4.98 Å². The molecule has 164 valence electrons. The molecule has 2 aromatic rings. The molecule has 6 nitrogen and oxygen atoms in total. The second-order valence-corrected chi connectivity index (χ2v) is 11.3. The molecule has 4 rings (SSSR count). The van der Waals surface area contributed by atoms with Crippen LogP contribution in [0.15, 0.2) is 23.1 Å². The molecule has 0 spiro atoms. The van der Waals surface area contributed by atoms with Gasteiger partial charge in [-0.25, -0.2) is 18.1 Å². The Bertz CT molecular complexity index is 975. The zero-order chi connectivity index (χ0) is 21.1. The maximum absolute atomic E-state index is 13.0. The Balaban J connectivity index is 1.52. The number of benzene rings is 1. The number of rotatable bonds is 7. The highest BCUT2D eigenvalue weighted by atomic mass is 32.2. The van der Waals surface area contributed by atoms with E-state index in [1.54, 1.807) is 17.4 Å². The number of aromatic nitrogens is 1. The smallest absolute Gasteiger partial charge is 0.241 e. The average molecular weight is 449 g/mol. The summed E-state index contributed by atoms with van der Waals surface area (Å²) in [4.78, 5) is 6.09. The first-order valence-corrected chi connectivity index (χ1v) is 13.3. The lowest BCUT2D eigenvalue weighted by Crippen LogP contribution is -2.36. The number of hydrogen-bond donors (Lipinski definition) is 3. The van der Waals surface area contributed by atoms with Crippen molar-refractivity contribution in [3.63, 3.8) is 0 Å². The van der Waals surface area contributed by atoms with Crippen LogP contribution in [0.5, 0.6) is 0 Å². The van der Waals surface area contributed by atoms with Crippen LogP contribution in [-0.2, 0) is 10.0 Å². The van der Waals surface area contributed by atoms with E-state index in [0.717, 1.165) is 52.3 Å². The van der Waals surface area contributed by atoms with Crippen LogP contribution in [0.2, 0.25) is 0 Å². The SMILES string of the molecule is Cc1ccc(-c2sc(NCC3CCCCC3)nc2C)cc1S(=O)(=O)N[C@H]1CCNC1. The second kappa shape index (κ2) is 9.34. The summed E-state index contributed by atoms with van der Waals surface area (Å²) in [5.41, 5.74) is 2.60. The van der Waals surface area contributed by atoms with E-state index in [-0.39, 0.29) is 6.04 Å². The normalized spacial score (nSPS) is 20.5. The summed E-state index contributed by atoms with van der Waals surface area (Å²) in [6, 6.07) is 5.65. The Labute approximate surface area is 183 Å². The van der Waals surface area contributed by atoms with E-state index in [9.17, 15) is 8.42 Å². The van der Waals surface area contributed by atoms with Gasteiger partial charge in [-0.1, -0.05) is 42.7 Å². The van der Waals surface area contributed by atoms with E-state index in [1.165, 1.54) is 32.1 Å². The van der Waals surface area contributed by atoms with Crippen molar-refractivity contribution in [2.45, 2.75) is 63.3 Å². The summed E-state index contributed by atoms with van der Waals surface area (Å²) in [5, 5.41) is 7.65. The molecular formula is C22H32N4O2S2. The minimum atomic E-state index is -3.56. The van der Waals surface area contributed by atoms with Gasteiger partial charge >= 0.3 is 0 Å². The molecule has 30 heavy (non-hydrogen) atoms. The molecule has 3 N–H and O–H groups in total. The number of sulfonamides is 1. The van der Waals surface area contributed by atoms with E-state index in [1.807, 2.05) is 26.0 Å². The molecule has 1 saturated heterocycles. The van der Waals surface area contributed by atoms with E-state index >= 15 is 0 Å². The molecule has 0 unspecified atom stereocenters. The Morgan fingerprint density at radius 3 is 2.70 bits per heavy atom. The third kappa shape index (κ3) is 5.04. The van der Waals surface area contributed by atoms with Gasteiger partial charge in [0, 0.05) is 19.1 Å². The third-order valence-electron chi connectivity index (χ3n) is 6.19. The van der Waals surface area contributed by atoms with Crippen molar-refractivity contribution in [3.05, 3.63) is 29.5 Å². The quantitative estimate of drug-likeness (QED) is 0.595. The highest BCUT2D eigenvalue weighted by Crippen LogP contribution is 2.35. The van der Waals surface area contributed by atoms with E-state index in [2.05, 4.69) is 15.4 Å². The molecule has 2 fully saturated rings. The molecule has 2 heterocycles. The number of thiazole rings is 1. The first kappa shape index (κ1) is 21.7. The van der Waals surface area contributed by atoms with Crippen LogP contribution in [0, 0.1) is 19.8 Å². The summed E-state index contributed by atoms with van der Waals surface area (Å²) in [7, 11) is -3.56. The van der Waals surface area contributed by atoms with Crippen molar-refractivity contribution < 1.29 is 8.42 Å². The highest BCUT2D eigenvalue weighted by Gasteiger charge is 2.25. The number of hydrogen-bond acceptors (Lipinski definition) is 6. The van der Waals surface area contributed by atoms with E-state index < -0.39 is 10.0 Å². The number of nitrogens with one attached hydrogen (secondary N) is 3. The fourth-order valence-electron chi connectivity index (χ4n) is 4.43. The summed E-state index contributed by atoms with van der Waals surface area (Å²) in [6.45, 7) is 6.35. The van der Waals surface area contributed by atoms with Gasteiger partial charge in [-0.15, -0.1) is 0 Å². The highest BCUT2D eigenvalue weighted by molar-refractivity contribution is 7.89. The summed E-state index contributed by atoms with van der Waals surface area (Å²) in [6.07, 6.45) is 7.45. The molecule has 1 aliphatic carbocycles. The fraction of sp³-hybridized carbons (Fsp3) is 0.591. The maximum Gasteiger partial charge on any atom is 0.241 e. The monoisotopic (exact) mass is 448 g/mol. The summed E-state index contributed by atoms with van der Waals surface area (Å²) in [5.74, 6) is 0.735. The van der Waals surface area contributed by atoms with Crippen LogP contribution in [0.1, 0.15) is 49.8 Å². The molecule has 1 aromatic carbocycles. The number of aryl methyl sites for hydroxylation is 2. The molecule has 0 amide bonds. The topological polar surface area (TPSA) is 83.1 Å². The van der Waals surface area contributed by atoms with Gasteiger partial charge < -0.3 is 10.6 Å². The fourth-order valence-corrected chi connectivity index (χ4v) is 6.94. The van der Waals surface area contributed by atoms with Crippen LogP contribution < -0.4 is 15.4 Å². The zero-order valence-corrected chi connectivity index (χ0v) is 19.5. The van der Waals surface area contributed by atoms with Crippen molar-refractivity contribution >= 4 is 26.5 Å². The van der Waals surface area contributed by atoms with Gasteiger partial charge in [0.25, 0.3) is 0 Å². The molecule has 1 aliphatic heterocycles. The van der Waals surface area contributed by atoms with Crippen LogP contribution in [0.4, 0.5) is 5.13 Å². The average Bonchev–Trinajstić information content (AvgIpc) is 3.36. The second-order valence-electron chi connectivity index (χ2n) is 8.61. The van der Waals surface area contributed by atoms with Crippen molar-refractivity contribution in [3.8, 4) is 10.4 Å². The van der Waals surface area contributed by atoms with E-state index in [0.29, 0.717) is 11.4 Å². The van der Waals surface area contributed by atoms with Crippen LogP contribution in [-0.4, -0.2) is 39.1 Å². The van der Waals surface area contributed by atoms with Gasteiger partial charge in [-0.3, -0.25) is 0 Å². The molecule has 0 radical (unpaired) electrons. The Hall–Kier alpha value is -1.48. The molecule has 2 aliphatic rings. The predicted octanol–water partition coefficient (Wildman–Crippen LogP) is 4.06. The van der Waals surface area contributed by atoms with Gasteiger partial charge in [-0.2, -0.15) is 0 Å². The summed E-state index contributed by atoms with van der Waals surface area (Å²) >= 11 is 1.61. The van der Waals surface area contributed by atoms with Crippen molar-refractivity contribution in [2.75, 3.05) is 25.0 Å². The first-order valence-electron chi connectivity index (χ1n) is 11.0. The largest absolute Gasteiger partial charge is 0.361 e. The zero-order valence-electron chi connectivity index (χ0n) is 17.8.